The Morgan fingerprint density at radius 3 is 2.39 bits per heavy atom. The van der Waals surface area contributed by atoms with E-state index in [1.165, 1.54) is 5.56 Å². The molecule has 6 atom stereocenters. The van der Waals surface area contributed by atoms with E-state index in [1.807, 2.05) is 51.1 Å². The van der Waals surface area contributed by atoms with Crippen molar-refractivity contribution in [1.29, 1.82) is 0 Å². The number of alkyl halides is 1. The van der Waals surface area contributed by atoms with E-state index >= 15 is 0 Å². The fraction of sp³-hybridized carbons (Fsp3) is 0.609. The number of oxime groups is 1. The number of ether oxygens (including phenoxy) is 5. The van der Waals surface area contributed by atoms with E-state index < -0.39 is 29.4 Å². The number of carbonyl (C=O) groups is 1. The van der Waals surface area contributed by atoms with Gasteiger partial charge >= 0.3 is 6.09 Å². The van der Waals surface area contributed by atoms with Crippen molar-refractivity contribution >= 4 is 23.4 Å². The lowest BCUT2D eigenvalue weighted by molar-refractivity contribution is -0.256. The third-order valence-electron chi connectivity index (χ3n) is 11.4. The number of hydrogen-bond donors (Lipinski definition) is 3. The number of carbonyl (C=O) groups excluding carboxylic acids is 1. The third-order valence-corrected chi connectivity index (χ3v) is 11.6. The number of allylic oxidation sites excluding steroid dienone is 1. The van der Waals surface area contributed by atoms with Crippen molar-refractivity contribution in [2.75, 3.05) is 58.7 Å². The van der Waals surface area contributed by atoms with Crippen LogP contribution in [-0.4, -0.2) is 108 Å². The van der Waals surface area contributed by atoms with E-state index in [4.69, 9.17) is 45.3 Å². The highest BCUT2D eigenvalue weighted by Gasteiger charge is 2.65. The zero-order chi connectivity index (χ0) is 42.6. The zero-order valence-electron chi connectivity index (χ0n) is 35.5. The van der Waals surface area contributed by atoms with E-state index in [2.05, 4.69) is 32.6 Å². The van der Waals surface area contributed by atoms with E-state index in [9.17, 15) is 20.1 Å². The summed E-state index contributed by atoms with van der Waals surface area (Å²) in [5, 5.41) is 34.2. The van der Waals surface area contributed by atoms with E-state index in [0.717, 1.165) is 48.1 Å². The summed E-state index contributed by atoms with van der Waals surface area (Å²) in [5.41, 5.74) is 4.21. The number of aryl methyl sites for hydroxylation is 2. The molecule has 0 saturated heterocycles. The molecule has 1 saturated carbocycles. The molecule has 3 aliphatic rings. The van der Waals surface area contributed by atoms with Gasteiger partial charge in [0.2, 0.25) is 5.79 Å². The fourth-order valence-corrected chi connectivity index (χ4v) is 8.81. The van der Waals surface area contributed by atoms with Gasteiger partial charge in [0.25, 0.3) is 0 Å². The van der Waals surface area contributed by atoms with Crippen molar-refractivity contribution in [3.8, 4) is 17.2 Å². The summed E-state index contributed by atoms with van der Waals surface area (Å²) in [7, 11) is 0. The van der Waals surface area contributed by atoms with Crippen LogP contribution in [0, 0.1) is 31.6 Å². The molecule has 2 aromatic rings. The first kappa shape index (κ1) is 46.4. The average molecular weight is 841 g/mol. The number of rotatable bonds is 22. The predicted molar refractivity (Wildman–Crippen MR) is 228 cm³/mol. The molecule has 0 unspecified atom stereocenters. The maximum atomic E-state index is 14.2. The number of aliphatic hydroxyl groups is 3. The van der Waals surface area contributed by atoms with Crippen molar-refractivity contribution in [2.45, 2.75) is 103 Å². The van der Waals surface area contributed by atoms with Gasteiger partial charge in [-0.1, -0.05) is 36.2 Å². The summed E-state index contributed by atoms with van der Waals surface area (Å²) in [6.45, 7) is 14.4. The fourth-order valence-electron chi connectivity index (χ4n) is 8.73. The Morgan fingerprint density at radius 1 is 0.983 bits per heavy atom. The number of amides is 1. The molecule has 1 heterocycles. The number of hydrogen-bond acceptors (Lipinski definition) is 11. The van der Waals surface area contributed by atoms with Gasteiger partial charge in [-0.15, -0.1) is 18.2 Å². The Labute approximate surface area is 355 Å². The Kier molecular flexibility index (Phi) is 17.1. The van der Waals surface area contributed by atoms with Crippen LogP contribution in [0.4, 0.5) is 4.79 Å². The molecule has 12 nitrogen and oxygen atoms in total. The van der Waals surface area contributed by atoms with Gasteiger partial charge in [0.1, 0.15) is 35.5 Å². The third kappa shape index (κ3) is 11.4. The molecule has 0 bridgehead atoms. The van der Waals surface area contributed by atoms with E-state index in [0.29, 0.717) is 30.1 Å². The molecule has 5 rings (SSSR count). The summed E-state index contributed by atoms with van der Waals surface area (Å²) < 4.78 is 32.3. The molecular formula is C46H65ClN2O10. The van der Waals surface area contributed by atoms with Gasteiger partial charge in [0, 0.05) is 37.7 Å². The summed E-state index contributed by atoms with van der Waals surface area (Å²) in [5.74, 6) is -0.0332. The van der Waals surface area contributed by atoms with Crippen LogP contribution in [0.15, 0.2) is 65.9 Å². The number of fused-ring (bicyclic) bond motifs is 2. The molecule has 59 heavy (non-hydrogen) atoms. The largest absolute Gasteiger partial charge is 0.459 e. The molecule has 326 valence electrons. The number of benzene rings is 2. The minimum Gasteiger partial charge on any atom is -0.459 e. The molecule has 1 aliphatic heterocycles. The van der Waals surface area contributed by atoms with Gasteiger partial charge in [-0.3, -0.25) is 4.90 Å². The Bertz CT molecular complexity index is 1760. The Balaban J connectivity index is 1.79. The van der Waals surface area contributed by atoms with Crippen LogP contribution >= 0.6 is 11.6 Å². The summed E-state index contributed by atoms with van der Waals surface area (Å²) in [4.78, 5) is 22.0. The highest BCUT2D eigenvalue weighted by atomic mass is 35.5. The molecule has 0 radical (unpaired) electrons. The second-order valence-electron chi connectivity index (χ2n) is 16.7. The van der Waals surface area contributed by atoms with Crippen molar-refractivity contribution in [2.24, 2.45) is 22.9 Å². The Hall–Kier alpha value is -3.65. The second kappa shape index (κ2) is 21.7. The van der Waals surface area contributed by atoms with E-state index in [-0.39, 0.29) is 82.8 Å². The van der Waals surface area contributed by atoms with Gasteiger partial charge < -0.3 is 43.8 Å². The zero-order valence-corrected chi connectivity index (χ0v) is 36.3. The van der Waals surface area contributed by atoms with E-state index in [1.54, 1.807) is 11.0 Å². The SMILES string of the molecule is C=CCO[C@@]12Oc3ccc(Oc4ccc(C)c(C)c4)cc3[C@H]3[C@H](CCCCO)[C@@H](CCCCO)C=C(C(=NOC(C)(C)C)C[C@@H]1N(CCOCCO)C(=O)OCCCl)[C@H]32. The monoisotopic (exact) mass is 840 g/mol. The highest BCUT2D eigenvalue weighted by Crippen LogP contribution is 2.62. The van der Waals surface area contributed by atoms with Crippen molar-refractivity contribution in [3.63, 3.8) is 0 Å². The normalized spacial score (nSPS) is 24.1. The predicted octanol–water partition coefficient (Wildman–Crippen LogP) is 8.21. The van der Waals surface area contributed by atoms with Crippen LogP contribution < -0.4 is 9.47 Å². The smallest absolute Gasteiger partial charge is 0.410 e. The first-order chi connectivity index (χ1) is 28.4. The molecule has 1 amide bonds. The molecule has 1 fully saturated rings. The number of halogens is 1. The summed E-state index contributed by atoms with van der Waals surface area (Å²) >= 11 is 6.03. The lowest BCUT2D eigenvalue weighted by Gasteiger charge is -2.59. The Morgan fingerprint density at radius 2 is 1.71 bits per heavy atom. The van der Waals surface area contributed by atoms with Crippen molar-refractivity contribution < 1.29 is 48.6 Å². The van der Waals surface area contributed by atoms with Gasteiger partial charge in [-0.05, 0) is 119 Å². The quantitative estimate of drug-likeness (QED) is 0.0459. The van der Waals surface area contributed by atoms with Gasteiger partial charge in [-0.2, -0.15) is 0 Å². The number of aliphatic hydroxyl groups excluding tert-OH is 3. The topological polar surface area (TPSA) is 149 Å². The first-order valence-corrected chi connectivity index (χ1v) is 21.6. The molecule has 2 aliphatic carbocycles. The maximum Gasteiger partial charge on any atom is 0.410 e. The van der Waals surface area contributed by atoms with Crippen LogP contribution in [0.3, 0.4) is 0 Å². The van der Waals surface area contributed by atoms with Crippen LogP contribution in [0.25, 0.3) is 0 Å². The molecule has 2 aromatic carbocycles. The van der Waals surface area contributed by atoms with Crippen molar-refractivity contribution in [1.82, 2.24) is 4.90 Å². The molecule has 0 spiro atoms. The molecule has 3 N–H and O–H groups in total. The van der Waals surface area contributed by atoms with Crippen LogP contribution in [0.5, 0.6) is 17.2 Å². The second-order valence-corrected chi connectivity index (χ2v) is 17.0. The van der Waals surface area contributed by atoms with Crippen LogP contribution in [-0.2, 0) is 19.0 Å². The minimum absolute atomic E-state index is 0.0116. The lowest BCUT2D eigenvalue weighted by atomic mass is 9.55. The van der Waals surface area contributed by atoms with Gasteiger partial charge in [-0.25, -0.2) is 4.79 Å². The number of unbranched alkanes of at least 4 members (excludes halogenated alkanes) is 2. The molecule has 0 aromatic heterocycles. The average Bonchev–Trinajstić information content (AvgIpc) is 3.21. The summed E-state index contributed by atoms with van der Waals surface area (Å²) in [6, 6.07) is 11.1. The lowest BCUT2D eigenvalue weighted by Crippen LogP contribution is -2.70. The van der Waals surface area contributed by atoms with Gasteiger partial charge in [0.15, 0.2) is 0 Å². The number of nitrogens with zero attached hydrogens (tertiary/aromatic N) is 2. The van der Waals surface area contributed by atoms with Crippen LogP contribution in [0.1, 0.15) is 88.3 Å². The van der Waals surface area contributed by atoms with Gasteiger partial charge in [0.05, 0.1) is 43.9 Å². The minimum atomic E-state index is -1.48. The maximum absolute atomic E-state index is 14.2. The molecule has 13 heteroatoms. The highest BCUT2D eigenvalue weighted by molar-refractivity contribution is 6.18. The van der Waals surface area contributed by atoms with Crippen LogP contribution in [0.2, 0.25) is 0 Å². The molecular weight excluding hydrogens is 776 g/mol. The summed E-state index contributed by atoms with van der Waals surface area (Å²) in [6.07, 6.45) is 8.10. The standard InChI is InChI=1S/C46H65ClN2O10/c1-7-23-56-46-41(49(19-25-54-26-22-52)44(53)55-24-18-47)30-39(48-59-45(4,5)6)37-28-33(12-8-10-20-50)36(13-9-11-21-51)42(43(37)46)38-29-35(16-17-40(38)58-46)57-34-15-14-31(2)32(3)27-34/h7,14-17,27-29,33,36,41-43,50-52H,1,8-13,18-26,30H2,2-6H3/t33-,36+,41-,42+,43+,46+/m0/s1. The van der Waals surface area contributed by atoms with Crippen molar-refractivity contribution in [3.05, 3.63) is 77.4 Å². The first-order valence-electron chi connectivity index (χ1n) is 21.1.